The average molecular weight is 317 g/mol. The van der Waals surface area contributed by atoms with Crippen molar-refractivity contribution in [2.75, 3.05) is 13.1 Å². The SMILES string of the molecule is CC(C)(C)OC(=O)CCNCC(=O)C(=O)/C=C/c1ccccc1. The smallest absolute Gasteiger partial charge is 0.307 e. The average Bonchev–Trinajstić information content (AvgIpc) is 2.48. The topological polar surface area (TPSA) is 72.5 Å². The summed E-state index contributed by atoms with van der Waals surface area (Å²) in [5, 5.41) is 2.78. The van der Waals surface area contributed by atoms with Crippen LogP contribution in [0.5, 0.6) is 0 Å². The number of benzene rings is 1. The molecule has 0 bridgehead atoms. The molecule has 1 aromatic carbocycles. The molecule has 0 aliphatic carbocycles. The fraction of sp³-hybridized carbons (Fsp3) is 0.389. The third kappa shape index (κ3) is 8.68. The van der Waals surface area contributed by atoms with Gasteiger partial charge < -0.3 is 10.1 Å². The van der Waals surface area contributed by atoms with Crippen LogP contribution < -0.4 is 5.32 Å². The standard InChI is InChI=1S/C18H23NO4/c1-18(2,3)23-17(22)11-12-19-13-16(21)15(20)10-9-14-7-5-4-6-8-14/h4-10,19H,11-13H2,1-3H3/b10-9+. The second-order valence-electron chi connectivity index (χ2n) is 6.04. The minimum atomic E-state index is -0.571. The maximum atomic E-state index is 11.7. The molecule has 0 amide bonds. The van der Waals surface area contributed by atoms with Crippen molar-refractivity contribution in [2.45, 2.75) is 32.8 Å². The van der Waals surface area contributed by atoms with Crippen molar-refractivity contribution in [1.82, 2.24) is 5.32 Å². The second kappa shape index (κ2) is 9.00. The molecule has 0 fully saturated rings. The molecule has 0 unspecified atom stereocenters. The van der Waals surface area contributed by atoms with E-state index in [9.17, 15) is 14.4 Å². The van der Waals surface area contributed by atoms with Crippen LogP contribution in [0.1, 0.15) is 32.8 Å². The molecule has 1 aromatic rings. The van der Waals surface area contributed by atoms with Crippen LogP contribution in [0.3, 0.4) is 0 Å². The molecular formula is C18H23NO4. The predicted molar refractivity (Wildman–Crippen MR) is 88.8 cm³/mol. The summed E-state index contributed by atoms with van der Waals surface area (Å²) < 4.78 is 5.14. The fourth-order valence-electron chi connectivity index (χ4n) is 1.70. The molecule has 0 radical (unpaired) electrons. The van der Waals surface area contributed by atoms with Gasteiger partial charge in [-0.25, -0.2) is 0 Å². The van der Waals surface area contributed by atoms with Gasteiger partial charge in [-0.1, -0.05) is 36.4 Å². The van der Waals surface area contributed by atoms with Crippen LogP contribution in [-0.2, 0) is 19.1 Å². The number of Topliss-reactive ketones (excluding diaryl/α,β-unsaturated/α-hetero) is 1. The molecule has 0 aromatic heterocycles. The van der Waals surface area contributed by atoms with E-state index in [4.69, 9.17) is 4.74 Å². The van der Waals surface area contributed by atoms with Crippen LogP contribution in [0.2, 0.25) is 0 Å². The van der Waals surface area contributed by atoms with Crippen molar-refractivity contribution in [3.05, 3.63) is 42.0 Å². The Bertz CT molecular complexity index is 570. The first-order chi connectivity index (χ1) is 10.8. The van der Waals surface area contributed by atoms with E-state index in [1.54, 1.807) is 26.8 Å². The number of ether oxygens (including phenoxy) is 1. The van der Waals surface area contributed by atoms with E-state index in [0.29, 0.717) is 0 Å². The van der Waals surface area contributed by atoms with Gasteiger partial charge in [0.25, 0.3) is 0 Å². The third-order valence-corrected chi connectivity index (χ3v) is 2.71. The first-order valence-corrected chi connectivity index (χ1v) is 7.51. The lowest BCUT2D eigenvalue weighted by atomic mass is 10.1. The van der Waals surface area contributed by atoms with E-state index in [-0.39, 0.29) is 25.5 Å². The molecule has 0 saturated carbocycles. The Kier molecular flexibility index (Phi) is 7.35. The summed E-state index contributed by atoms with van der Waals surface area (Å²) in [6.45, 7) is 5.57. The lowest BCUT2D eigenvalue weighted by Crippen LogP contribution is -2.31. The molecule has 1 N–H and O–H groups in total. The van der Waals surface area contributed by atoms with Crippen LogP contribution in [0, 0.1) is 0 Å². The molecule has 23 heavy (non-hydrogen) atoms. The zero-order chi connectivity index (χ0) is 17.3. The van der Waals surface area contributed by atoms with E-state index in [1.165, 1.54) is 6.08 Å². The van der Waals surface area contributed by atoms with Crippen molar-refractivity contribution in [2.24, 2.45) is 0 Å². The Morgan fingerprint density at radius 1 is 1.13 bits per heavy atom. The number of carbonyl (C=O) groups excluding carboxylic acids is 3. The molecule has 0 spiro atoms. The highest BCUT2D eigenvalue weighted by molar-refractivity contribution is 6.43. The molecule has 5 heteroatoms. The highest BCUT2D eigenvalue weighted by atomic mass is 16.6. The highest BCUT2D eigenvalue weighted by Gasteiger charge is 2.16. The summed E-state index contributed by atoms with van der Waals surface area (Å²) in [5.41, 5.74) is 0.331. The molecule has 0 aliphatic heterocycles. The van der Waals surface area contributed by atoms with Crippen LogP contribution >= 0.6 is 0 Å². The number of rotatable bonds is 8. The zero-order valence-electron chi connectivity index (χ0n) is 13.8. The number of allylic oxidation sites excluding steroid dienone is 1. The second-order valence-corrected chi connectivity index (χ2v) is 6.04. The monoisotopic (exact) mass is 317 g/mol. The first kappa shape index (κ1) is 18.8. The fourth-order valence-corrected chi connectivity index (χ4v) is 1.70. The number of nitrogens with one attached hydrogen (secondary N) is 1. The Balaban J connectivity index is 2.27. The number of esters is 1. The quantitative estimate of drug-likeness (QED) is 0.344. The van der Waals surface area contributed by atoms with E-state index in [0.717, 1.165) is 5.56 Å². The van der Waals surface area contributed by atoms with Crippen LogP contribution in [-0.4, -0.2) is 36.2 Å². The molecule has 0 atom stereocenters. The molecule has 0 aliphatic rings. The van der Waals surface area contributed by atoms with Crippen molar-refractivity contribution in [3.8, 4) is 0 Å². The van der Waals surface area contributed by atoms with Crippen LogP contribution in [0.4, 0.5) is 0 Å². The maximum absolute atomic E-state index is 11.7. The zero-order valence-corrected chi connectivity index (χ0v) is 13.8. The summed E-state index contributed by atoms with van der Waals surface area (Å²) in [4.78, 5) is 34.8. The minimum absolute atomic E-state index is 0.0965. The van der Waals surface area contributed by atoms with Gasteiger partial charge in [-0.3, -0.25) is 14.4 Å². The number of carbonyl (C=O) groups is 3. The van der Waals surface area contributed by atoms with Gasteiger partial charge in [0.1, 0.15) is 5.60 Å². The van der Waals surface area contributed by atoms with Gasteiger partial charge >= 0.3 is 5.97 Å². The van der Waals surface area contributed by atoms with Crippen LogP contribution in [0.25, 0.3) is 6.08 Å². The van der Waals surface area contributed by atoms with Crippen molar-refractivity contribution >= 4 is 23.6 Å². The third-order valence-electron chi connectivity index (χ3n) is 2.71. The molecule has 124 valence electrons. The van der Waals surface area contributed by atoms with Gasteiger partial charge in [-0.15, -0.1) is 0 Å². The molecule has 5 nitrogen and oxygen atoms in total. The van der Waals surface area contributed by atoms with E-state index >= 15 is 0 Å². The summed E-state index contributed by atoms with van der Waals surface area (Å²) in [6, 6.07) is 9.26. The van der Waals surface area contributed by atoms with Gasteiger partial charge in [0.2, 0.25) is 11.6 Å². The van der Waals surface area contributed by atoms with Crippen molar-refractivity contribution < 1.29 is 19.1 Å². The Morgan fingerprint density at radius 3 is 2.39 bits per heavy atom. The molecule has 0 saturated heterocycles. The minimum Gasteiger partial charge on any atom is -0.460 e. The predicted octanol–water partition coefficient (Wildman–Crippen LogP) is 2.16. The lowest BCUT2D eigenvalue weighted by Gasteiger charge is -2.19. The molecule has 0 heterocycles. The summed E-state index contributed by atoms with van der Waals surface area (Å²) >= 11 is 0. The van der Waals surface area contributed by atoms with Crippen molar-refractivity contribution in [3.63, 3.8) is 0 Å². The van der Waals surface area contributed by atoms with Crippen LogP contribution in [0.15, 0.2) is 36.4 Å². The van der Waals surface area contributed by atoms with Gasteiger partial charge in [0.05, 0.1) is 13.0 Å². The summed E-state index contributed by atoms with van der Waals surface area (Å²) in [7, 11) is 0. The number of ketones is 2. The first-order valence-electron chi connectivity index (χ1n) is 7.51. The van der Waals surface area contributed by atoms with Crippen molar-refractivity contribution in [1.29, 1.82) is 0 Å². The normalized spacial score (nSPS) is 11.4. The number of hydrogen-bond donors (Lipinski definition) is 1. The molecular weight excluding hydrogens is 294 g/mol. The number of hydrogen-bond acceptors (Lipinski definition) is 5. The van der Waals surface area contributed by atoms with E-state index in [1.807, 2.05) is 30.3 Å². The van der Waals surface area contributed by atoms with Gasteiger partial charge in [-0.05, 0) is 32.4 Å². The summed E-state index contributed by atoms with van der Waals surface area (Å²) in [5.74, 6) is -1.45. The Labute approximate surface area is 136 Å². The van der Waals surface area contributed by atoms with Gasteiger partial charge in [0.15, 0.2) is 0 Å². The Hall–Kier alpha value is -2.27. The largest absolute Gasteiger partial charge is 0.460 e. The van der Waals surface area contributed by atoms with Gasteiger partial charge in [-0.2, -0.15) is 0 Å². The van der Waals surface area contributed by atoms with E-state index in [2.05, 4.69) is 5.32 Å². The lowest BCUT2D eigenvalue weighted by molar-refractivity contribution is -0.154. The summed E-state index contributed by atoms with van der Waals surface area (Å²) in [6.07, 6.45) is 3.01. The van der Waals surface area contributed by atoms with E-state index < -0.39 is 17.2 Å². The van der Waals surface area contributed by atoms with Gasteiger partial charge in [0, 0.05) is 6.54 Å². The highest BCUT2D eigenvalue weighted by Crippen LogP contribution is 2.07. The maximum Gasteiger partial charge on any atom is 0.307 e. The Morgan fingerprint density at radius 2 is 1.78 bits per heavy atom. The molecule has 1 rings (SSSR count).